The summed E-state index contributed by atoms with van der Waals surface area (Å²) in [5.41, 5.74) is 0. The van der Waals surface area contributed by atoms with Crippen LogP contribution in [-0.4, -0.2) is 5.92 Å². The van der Waals surface area contributed by atoms with Gasteiger partial charge in [0, 0.05) is 14.2 Å². The van der Waals surface area contributed by atoms with E-state index in [1.807, 2.05) is 13.8 Å². The van der Waals surface area contributed by atoms with Gasteiger partial charge >= 0.3 is 0 Å². The van der Waals surface area contributed by atoms with Gasteiger partial charge in [0.15, 0.2) is 0 Å². The van der Waals surface area contributed by atoms with Crippen LogP contribution in [0.2, 0.25) is 0 Å². The van der Waals surface area contributed by atoms with E-state index in [0.29, 0.717) is 12.8 Å². The van der Waals surface area contributed by atoms with E-state index >= 15 is 0 Å². The average molecular weight is 163 g/mol. The van der Waals surface area contributed by atoms with Gasteiger partial charge in [-0.15, -0.1) is 0 Å². The van der Waals surface area contributed by atoms with Gasteiger partial charge in [-0.05, 0) is 24.7 Å². The van der Waals surface area contributed by atoms with Gasteiger partial charge in [-0.3, -0.25) is 0 Å². The zero-order valence-corrected chi connectivity index (χ0v) is 7.16. The van der Waals surface area contributed by atoms with Crippen molar-refractivity contribution in [3.63, 3.8) is 0 Å². The monoisotopic (exact) mass is 163 g/mol. The minimum Gasteiger partial charge on any atom is -0.207 e. The van der Waals surface area contributed by atoms with Crippen molar-refractivity contribution in [2.45, 2.75) is 45.5 Å². The first-order valence-corrected chi connectivity index (χ1v) is 4.24. The Morgan fingerprint density at radius 1 is 1.36 bits per heavy atom. The maximum Gasteiger partial charge on any atom is 0.248 e. The van der Waals surface area contributed by atoms with E-state index < -0.39 is 11.8 Å². The third-order valence-electron chi connectivity index (χ3n) is 2.44. The second kappa shape index (κ2) is 3.08. The molecular weight excluding hydrogens is 146 g/mol. The molecule has 1 aliphatic rings. The minimum atomic E-state index is -2.50. The molecule has 0 unspecified atom stereocenters. The van der Waals surface area contributed by atoms with E-state index in [-0.39, 0.29) is 18.8 Å². The summed E-state index contributed by atoms with van der Waals surface area (Å²) in [5, 5.41) is 0. The van der Waals surface area contributed by atoms with Crippen LogP contribution < -0.4 is 0 Å². The fraction of sp³-hybridized carbons (Fsp3) is 1.00. The molecule has 0 saturated heterocycles. The van der Waals surface area contributed by atoms with Crippen LogP contribution in [0.5, 0.6) is 0 Å². The molecule has 0 aliphatic heterocycles. The Labute approximate surface area is 68.4 Å². The topological polar surface area (TPSA) is 0 Å². The smallest absolute Gasteiger partial charge is 0.207 e. The summed E-state index contributed by atoms with van der Waals surface area (Å²) in [6, 6.07) is 0. The minimum absolute atomic E-state index is 0.103. The first kappa shape index (κ1) is 7.51. The molecule has 0 bridgehead atoms. The fourth-order valence-electron chi connectivity index (χ4n) is 1.51. The van der Waals surface area contributed by atoms with Crippen LogP contribution in [0, 0.1) is 11.8 Å². The lowest BCUT2D eigenvalue weighted by Crippen LogP contribution is -2.26. The van der Waals surface area contributed by atoms with Gasteiger partial charge in [0.25, 0.3) is 0 Å². The highest BCUT2D eigenvalue weighted by Gasteiger charge is 2.35. The molecule has 0 heterocycles. The maximum atomic E-state index is 12.7. The quantitative estimate of drug-likeness (QED) is 0.555. The first-order valence-electron chi connectivity index (χ1n) is 4.74. The molecule has 0 aromatic rings. The van der Waals surface area contributed by atoms with Gasteiger partial charge in [0.05, 0.1) is 0 Å². The highest BCUT2D eigenvalue weighted by molar-refractivity contribution is 4.78. The Balaban J connectivity index is 2.55. The summed E-state index contributed by atoms with van der Waals surface area (Å²) in [6.45, 7) is 3.88. The molecule has 0 N–H and O–H groups in total. The van der Waals surface area contributed by atoms with Gasteiger partial charge in [-0.1, -0.05) is 13.8 Å². The van der Waals surface area contributed by atoms with Crippen LogP contribution in [0.1, 0.15) is 40.9 Å². The predicted molar refractivity (Wildman–Crippen MR) is 41.7 cm³/mol. The zero-order valence-electron chi connectivity index (χ0n) is 8.16. The van der Waals surface area contributed by atoms with E-state index in [0.717, 1.165) is 0 Å². The maximum absolute atomic E-state index is 12.7. The van der Waals surface area contributed by atoms with Crippen LogP contribution in [0.4, 0.5) is 8.78 Å². The van der Waals surface area contributed by atoms with Crippen molar-refractivity contribution in [1.82, 2.24) is 0 Å². The normalized spacial score (nSPS) is 30.1. The molecular formula is C9H16F2. The van der Waals surface area contributed by atoms with Crippen LogP contribution in [0.15, 0.2) is 0 Å². The highest BCUT2D eigenvalue weighted by atomic mass is 19.3. The summed E-state index contributed by atoms with van der Waals surface area (Å²) >= 11 is 0. The van der Waals surface area contributed by atoms with Crippen molar-refractivity contribution >= 4 is 0 Å². The molecule has 1 rings (SSSR count). The van der Waals surface area contributed by atoms with Crippen LogP contribution in [-0.2, 0) is 0 Å². The Morgan fingerprint density at radius 3 is 2.18 bits per heavy atom. The van der Waals surface area contributed by atoms with Crippen molar-refractivity contribution < 1.29 is 10.2 Å². The molecule has 0 radical (unpaired) electrons. The molecule has 2 heteroatoms. The molecule has 0 aromatic heterocycles. The van der Waals surface area contributed by atoms with E-state index in [4.69, 9.17) is 1.37 Å². The number of alkyl halides is 2. The fourth-order valence-corrected chi connectivity index (χ4v) is 1.51. The molecule has 1 aliphatic carbocycles. The largest absolute Gasteiger partial charge is 0.248 e. The molecule has 1 saturated carbocycles. The van der Waals surface area contributed by atoms with Gasteiger partial charge in [0.2, 0.25) is 5.92 Å². The first-order chi connectivity index (χ1) is 5.36. The van der Waals surface area contributed by atoms with Crippen molar-refractivity contribution in [3.8, 4) is 0 Å². The standard InChI is InChI=1S/C9H16F2/c1-7(2)8-3-5-9(10,11)6-4-8/h7-8H,3-6H2,1-2H3/i8D. The third-order valence-corrected chi connectivity index (χ3v) is 2.44. The average Bonchev–Trinajstić information content (AvgIpc) is 1.96. The predicted octanol–water partition coefficient (Wildman–Crippen LogP) is 3.47. The van der Waals surface area contributed by atoms with E-state index in [2.05, 4.69) is 0 Å². The summed E-state index contributed by atoms with van der Waals surface area (Å²) in [5.74, 6) is -2.91. The Morgan fingerprint density at radius 2 is 1.82 bits per heavy atom. The van der Waals surface area contributed by atoms with Crippen molar-refractivity contribution in [2.75, 3.05) is 0 Å². The Bertz CT molecular complexity index is 156. The zero-order chi connectivity index (χ0) is 9.41. The molecule has 0 nitrogen and oxygen atoms in total. The number of hydrogen-bond acceptors (Lipinski definition) is 0. The second-order valence-corrected chi connectivity index (χ2v) is 3.67. The molecule has 66 valence electrons. The van der Waals surface area contributed by atoms with Crippen molar-refractivity contribution in [2.24, 2.45) is 11.8 Å². The lowest BCUT2D eigenvalue weighted by molar-refractivity contribution is -0.0504. The van der Waals surface area contributed by atoms with Gasteiger partial charge < -0.3 is 0 Å². The van der Waals surface area contributed by atoms with Gasteiger partial charge in [-0.25, -0.2) is 8.78 Å². The molecule has 0 aromatic carbocycles. The summed E-state index contributed by atoms with van der Waals surface area (Å²) in [7, 11) is 0. The number of rotatable bonds is 1. The number of halogens is 2. The number of hydrogen-bond donors (Lipinski definition) is 0. The summed E-state index contributed by atoms with van der Waals surface area (Å²) in [4.78, 5) is 0. The van der Waals surface area contributed by atoms with Gasteiger partial charge in [0.1, 0.15) is 0 Å². The SMILES string of the molecule is [2H]C1(C(C)C)CCC(F)(F)CC1. The van der Waals surface area contributed by atoms with Crippen LogP contribution in [0.3, 0.4) is 0 Å². The van der Waals surface area contributed by atoms with E-state index in [1.54, 1.807) is 0 Å². The van der Waals surface area contributed by atoms with Crippen LogP contribution in [0.25, 0.3) is 0 Å². The van der Waals surface area contributed by atoms with E-state index in [1.165, 1.54) is 0 Å². The Hall–Kier alpha value is -0.140. The molecule has 0 spiro atoms. The van der Waals surface area contributed by atoms with Crippen molar-refractivity contribution in [3.05, 3.63) is 0 Å². The summed E-state index contributed by atoms with van der Waals surface area (Å²) < 4.78 is 33.4. The van der Waals surface area contributed by atoms with E-state index in [9.17, 15) is 8.78 Å². The van der Waals surface area contributed by atoms with Crippen LogP contribution >= 0.6 is 0 Å². The highest BCUT2D eigenvalue weighted by Crippen LogP contribution is 2.38. The third kappa shape index (κ3) is 2.42. The summed E-state index contributed by atoms with van der Waals surface area (Å²) in [6.07, 6.45) is 0.485. The lowest BCUT2D eigenvalue weighted by atomic mass is 9.80. The molecule has 1 fully saturated rings. The molecule has 0 atom stereocenters. The second-order valence-electron chi connectivity index (χ2n) is 3.67. The van der Waals surface area contributed by atoms with Gasteiger partial charge in [-0.2, -0.15) is 0 Å². The molecule has 11 heavy (non-hydrogen) atoms. The molecule has 0 amide bonds. The lowest BCUT2D eigenvalue weighted by Gasteiger charge is -2.30. The Kier molecular flexibility index (Phi) is 2.10. The van der Waals surface area contributed by atoms with Crippen molar-refractivity contribution in [1.29, 1.82) is 0 Å².